The molecule has 21 heavy (non-hydrogen) atoms. The monoisotopic (exact) mass is 327 g/mol. The number of alkyl halides is 1. The van der Waals surface area contributed by atoms with Crippen molar-refractivity contribution in [2.45, 2.75) is 19.2 Å². The van der Waals surface area contributed by atoms with Crippen LogP contribution in [-0.2, 0) is 4.79 Å². The van der Waals surface area contributed by atoms with Crippen LogP contribution < -0.4 is 15.4 Å². The van der Waals surface area contributed by atoms with Gasteiger partial charge in [-0.1, -0.05) is 11.3 Å². The molecule has 0 saturated heterocycles. The van der Waals surface area contributed by atoms with Gasteiger partial charge < -0.3 is 4.74 Å². The Kier molecular flexibility index (Phi) is 4.98. The smallest absolute Gasteiger partial charge is 0.327 e. The average Bonchev–Trinajstić information content (AvgIpc) is 2.80. The third-order valence-corrected chi connectivity index (χ3v) is 3.62. The van der Waals surface area contributed by atoms with Gasteiger partial charge >= 0.3 is 6.03 Å². The number of nitrogens with zero attached hydrogens (tertiary/aromatic N) is 1. The van der Waals surface area contributed by atoms with Crippen molar-refractivity contribution in [1.29, 1.82) is 0 Å². The lowest BCUT2D eigenvalue weighted by atomic mass is 10.3. The van der Waals surface area contributed by atoms with Crippen molar-refractivity contribution < 1.29 is 14.3 Å². The van der Waals surface area contributed by atoms with Gasteiger partial charge in [-0.3, -0.25) is 15.4 Å². The van der Waals surface area contributed by atoms with Crippen LogP contribution in [-0.4, -0.2) is 28.9 Å². The molecule has 2 rings (SSSR count). The summed E-state index contributed by atoms with van der Waals surface area (Å²) < 4.78 is 6.29. The van der Waals surface area contributed by atoms with E-state index in [0.29, 0.717) is 11.7 Å². The van der Waals surface area contributed by atoms with Crippen molar-refractivity contribution in [3.05, 3.63) is 18.2 Å². The van der Waals surface area contributed by atoms with Gasteiger partial charge in [-0.05, 0) is 32.0 Å². The van der Waals surface area contributed by atoms with E-state index in [4.69, 9.17) is 16.3 Å². The number of aromatic nitrogens is 1. The highest BCUT2D eigenvalue weighted by atomic mass is 35.5. The molecule has 8 heteroatoms. The summed E-state index contributed by atoms with van der Waals surface area (Å²) >= 11 is 6.86. The summed E-state index contributed by atoms with van der Waals surface area (Å²) in [6, 6.07) is 4.82. The number of halogens is 1. The lowest BCUT2D eigenvalue weighted by Gasteiger charge is -2.04. The maximum atomic E-state index is 11.6. The fraction of sp³-hybridized carbons (Fsp3) is 0.308. The highest BCUT2D eigenvalue weighted by Gasteiger charge is 2.14. The Morgan fingerprint density at radius 2 is 2.24 bits per heavy atom. The minimum Gasteiger partial charge on any atom is -0.494 e. The molecule has 3 amide bonds. The van der Waals surface area contributed by atoms with Crippen molar-refractivity contribution >= 4 is 50.2 Å². The van der Waals surface area contributed by atoms with E-state index in [9.17, 15) is 9.59 Å². The SMILES string of the molecule is CCOc1ccc2nc(NC(=O)NC(=O)C(C)Cl)sc2c1. The highest BCUT2D eigenvalue weighted by molar-refractivity contribution is 7.22. The zero-order valence-corrected chi connectivity index (χ0v) is 13.0. The molecule has 0 fully saturated rings. The van der Waals surface area contributed by atoms with Crippen LogP contribution in [0.25, 0.3) is 10.2 Å². The second-order valence-corrected chi connectivity index (χ2v) is 5.83. The molecule has 0 bridgehead atoms. The quantitative estimate of drug-likeness (QED) is 0.846. The van der Waals surface area contributed by atoms with Crippen LogP contribution in [0, 0.1) is 0 Å². The number of nitrogens with one attached hydrogen (secondary N) is 2. The molecule has 2 N–H and O–H groups in total. The third kappa shape index (κ3) is 4.05. The van der Waals surface area contributed by atoms with Gasteiger partial charge in [0.15, 0.2) is 5.13 Å². The molecular formula is C13H14ClN3O3S. The number of carbonyl (C=O) groups excluding carboxylic acids is 2. The predicted octanol–water partition coefficient (Wildman–Crippen LogP) is 2.97. The number of hydrogen-bond donors (Lipinski definition) is 2. The maximum Gasteiger partial charge on any atom is 0.327 e. The third-order valence-electron chi connectivity index (χ3n) is 2.49. The minimum absolute atomic E-state index is 0.395. The molecule has 0 aliphatic rings. The molecule has 6 nitrogen and oxygen atoms in total. The lowest BCUT2D eigenvalue weighted by Crippen LogP contribution is -2.38. The summed E-state index contributed by atoms with van der Waals surface area (Å²) in [4.78, 5) is 27.2. The number of fused-ring (bicyclic) bond motifs is 1. The van der Waals surface area contributed by atoms with Crippen LogP contribution in [0.1, 0.15) is 13.8 Å². The van der Waals surface area contributed by atoms with Gasteiger partial charge in [0.2, 0.25) is 5.91 Å². The number of rotatable bonds is 4. The molecule has 2 aromatic rings. The van der Waals surface area contributed by atoms with E-state index in [1.807, 2.05) is 25.1 Å². The van der Waals surface area contributed by atoms with Gasteiger partial charge in [0, 0.05) is 0 Å². The van der Waals surface area contributed by atoms with E-state index < -0.39 is 17.3 Å². The number of ether oxygens (including phenoxy) is 1. The second kappa shape index (κ2) is 6.73. The van der Waals surface area contributed by atoms with Crippen molar-refractivity contribution in [2.24, 2.45) is 0 Å². The van der Waals surface area contributed by atoms with E-state index in [0.717, 1.165) is 16.0 Å². The molecule has 1 heterocycles. The normalized spacial score (nSPS) is 12.0. The standard InChI is InChI=1S/C13H14ClN3O3S/c1-3-20-8-4-5-9-10(6-8)21-13(15-9)17-12(19)16-11(18)7(2)14/h4-7H,3H2,1-2H3,(H2,15,16,17,18,19). The number of hydrogen-bond acceptors (Lipinski definition) is 5. The number of benzene rings is 1. The summed E-state index contributed by atoms with van der Waals surface area (Å²) in [6.07, 6.45) is 0. The molecule has 1 atom stereocenters. The first-order valence-electron chi connectivity index (χ1n) is 6.29. The fourth-order valence-electron chi connectivity index (χ4n) is 1.55. The second-order valence-electron chi connectivity index (χ2n) is 4.14. The van der Waals surface area contributed by atoms with E-state index in [1.54, 1.807) is 0 Å². The number of thiazole rings is 1. The molecule has 0 spiro atoms. The Morgan fingerprint density at radius 1 is 1.48 bits per heavy atom. The first kappa shape index (κ1) is 15.5. The first-order valence-corrected chi connectivity index (χ1v) is 7.54. The molecule has 0 aliphatic carbocycles. The molecular weight excluding hydrogens is 314 g/mol. The van der Waals surface area contributed by atoms with Crippen LogP contribution in [0.2, 0.25) is 0 Å². The Labute approximate surface area is 130 Å². The number of carbonyl (C=O) groups is 2. The molecule has 0 radical (unpaired) electrons. The van der Waals surface area contributed by atoms with Gasteiger partial charge in [-0.15, -0.1) is 11.6 Å². The maximum absolute atomic E-state index is 11.6. The number of imide groups is 1. The minimum atomic E-state index is -0.778. The van der Waals surface area contributed by atoms with Crippen molar-refractivity contribution in [2.75, 3.05) is 11.9 Å². The van der Waals surface area contributed by atoms with Crippen LogP contribution >= 0.6 is 22.9 Å². The fourth-order valence-corrected chi connectivity index (χ4v) is 2.50. The zero-order chi connectivity index (χ0) is 15.4. The molecule has 0 saturated carbocycles. The first-order chi connectivity index (χ1) is 9.99. The van der Waals surface area contributed by atoms with Gasteiger partial charge in [0.1, 0.15) is 11.1 Å². The van der Waals surface area contributed by atoms with Crippen molar-refractivity contribution in [3.63, 3.8) is 0 Å². The van der Waals surface area contributed by atoms with Crippen molar-refractivity contribution in [3.8, 4) is 5.75 Å². The molecule has 1 unspecified atom stereocenters. The van der Waals surface area contributed by atoms with Crippen LogP contribution in [0.5, 0.6) is 5.75 Å². The van der Waals surface area contributed by atoms with Gasteiger partial charge in [0.25, 0.3) is 0 Å². The Balaban J connectivity index is 2.08. The Morgan fingerprint density at radius 3 is 2.90 bits per heavy atom. The predicted molar refractivity (Wildman–Crippen MR) is 83.3 cm³/mol. The molecule has 112 valence electrons. The van der Waals surface area contributed by atoms with Crippen LogP contribution in [0.3, 0.4) is 0 Å². The van der Waals surface area contributed by atoms with E-state index >= 15 is 0 Å². The molecule has 0 aliphatic heterocycles. The van der Waals surface area contributed by atoms with Gasteiger partial charge in [-0.2, -0.15) is 0 Å². The number of anilines is 1. The van der Waals surface area contributed by atoms with Crippen molar-refractivity contribution in [1.82, 2.24) is 10.3 Å². The molecule has 1 aromatic heterocycles. The van der Waals surface area contributed by atoms with E-state index in [1.165, 1.54) is 18.3 Å². The van der Waals surface area contributed by atoms with E-state index in [-0.39, 0.29) is 0 Å². The van der Waals surface area contributed by atoms with Gasteiger partial charge in [-0.25, -0.2) is 9.78 Å². The summed E-state index contributed by atoms with van der Waals surface area (Å²) in [7, 11) is 0. The summed E-state index contributed by atoms with van der Waals surface area (Å²) in [5.74, 6) is 0.185. The zero-order valence-electron chi connectivity index (χ0n) is 11.5. The summed E-state index contributed by atoms with van der Waals surface area (Å²) in [5, 5.41) is 4.25. The largest absolute Gasteiger partial charge is 0.494 e. The Bertz CT molecular complexity index is 672. The van der Waals surface area contributed by atoms with Gasteiger partial charge in [0.05, 0.1) is 16.8 Å². The Hall–Kier alpha value is -1.86. The van der Waals surface area contributed by atoms with E-state index in [2.05, 4.69) is 15.6 Å². The van der Waals surface area contributed by atoms with Crippen LogP contribution in [0.4, 0.5) is 9.93 Å². The average molecular weight is 328 g/mol. The van der Waals surface area contributed by atoms with Crippen LogP contribution in [0.15, 0.2) is 18.2 Å². The number of urea groups is 1. The summed E-state index contributed by atoms with van der Waals surface area (Å²) in [5.41, 5.74) is 0.746. The molecule has 1 aromatic carbocycles. The highest BCUT2D eigenvalue weighted by Crippen LogP contribution is 2.29. The topological polar surface area (TPSA) is 80.3 Å². The lowest BCUT2D eigenvalue weighted by molar-refractivity contribution is -0.119. The number of amides is 3. The summed E-state index contributed by atoms with van der Waals surface area (Å²) in [6.45, 7) is 3.97.